The van der Waals surface area contributed by atoms with Crippen molar-refractivity contribution in [3.8, 4) is 16.9 Å². The third kappa shape index (κ3) is 4.96. The van der Waals surface area contributed by atoms with Gasteiger partial charge in [-0.25, -0.2) is 19.2 Å². The zero-order valence-corrected chi connectivity index (χ0v) is 22.9. The molecule has 40 heavy (non-hydrogen) atoms. The van der Waals surface area contributed by atoms with Gasteiger partial charge < -0.3 is 19.6 Å². The number of benzene rings is 2. The Labute approximate surface area is 235 Å². The topological polar surface area (TPSA) is 95.9 Å². The lowest BCUT2D eigenvalue weighted by Crippen LogP contribution is -2.25. The fraction of sp³-hybridized carbons (Fsp3) is 0.200. The van der Waals surface area contributed by atoms with Gasteiger partial charge in [-0.05, 0) is 73.0 Å². The Bertz CT molecular complexity index is 1640. The van der Waals surface area contributed by atoms with Gasteiger partial charge in [0.05, 0.1) is 28.4 Å². The average molecular weight is 561 g/mol. The number of aromatic nitrogens is 2. The van der Waals surface area contributed by atoms with Crippen LogP contribution in [0.15, 0.2) is 60.9 Å². The van der Waals surface area contributed by atoms with Gasteiger partial charge in [0.2, 0.25) is 0 Å². The van der Waals surface area contributed by atoms with Crippen LogP contribution in [0.4, 0.5) is 21.7 Å². The van der Waals surface area contributed by atoms with E-state index in [4.69, 9.17) is 21.4 Å². The van der Waals surface area contributed by atoms with Gasteiger partial charge in [-0.1, -0.05) is 17.7 Å². The lowest BCUT2D eigenvalue weighted by Gasteiger charge is -2.22. The maximum atomic E-state index is 14.6. The number of carbonyl (C=O) groups is 2. The summed E-state index contributed by atoms with van der Waals surface area (Å²) in [6, 6.07) is 12.9. The molecule has 0 fully saturated rings. The molecule has 0 aliphatic carbocycles. The summed E-state index contributed by atoms with van der Waals surface area (Å²) in [6.45, 7) is 4.76. The van der Waals surface area contributed by atoms with Crippen molar-refractivity contribution in [2.45, 2.75) is 20.3 Å². The Morgan fingerprint density at radius 2 is 1.90 bits per heavy atom. The molecular weight excluding hydrogens is 535 g/mol. The number of ether oxygens (including phenoxy) is 1. The molecule has 2 aromatic heterocycles. The largest absolute Gasteiger partial charge is 0.493 e. The molecule has 0 saturated carbocycles. The summed E-state index contributed by atoms with van der Waals surface area (Å²) in [5, 5.41) is 9.12. The molecule has 1 aliphatic rings. The predicted molar refractivity (Wildman–Crippen MR) is 152 cm³/mol. The maximum Gasteiger partial charge on any atom is 0.337 e. The molecule has 2 aromatic carbocycles. The van der Waals surface area contributed by atoms with Crippen molar-refractivity contribution >= 4 is 40.8 Å². The van der Waals surface area contributed by atoms with Crippen LogP contribution < -0.4 is 14.5 Å². The first-order chi connectivity index (χ1) is 19.2. The van der Waals surface area contributed by atoms with Gasteiger partial charge in [-0.15, -0.1) is 0 Å². The first-order valence-corrected chi connectivity index (χ1v) is 13.0. The number of rotatable bonds is 7. The van der Waals surface area contributed by atoms with Gasteiger partial charge in [0.15, 0.2) is 5.82 Å². The lowest BCUT2D eigenvalue weighted by molar-refractivity contribution is 0.0696. The smallest absolute Gasteiger partial charge is 0.337 e. The van der Waals surface area contributed by atoms with Crippen LogP contribution in [-0.4, -0.2) is 47.2 Å². The van der Waals surface area contributed by atoms with E-state index in [1.54, 1.807) is 48.6 Å². The van der Waals surface area contributed by atoms with Crippen molar-refractivity contribution in [2.24, 2.45) is 0 Å². The molecule has 1 N–H and O–H groups in total. The minimum atomic E-state index is -1.29. The molecule has 10 heteroatoms. The van der Waals surface area contributed by atoms with Crippen molar-refractivity contribution in [3.05, 3.63) is 94.0 Å². The highest BCUT2D eigenvalue weighted by Crippen LogP contribution is 2.37. The van der Waals surface area contributed by atoms with E-state index in [2.05, 4.69) is 9.97 Å². The summed E-state index contributed by atoms with van der Waals surface area (Å²) in [4.78, 5) is 37.2. The minimum Gasteiger partial charge on any atom is -0.493 e. The van der Waals surface area contributed by atoms with Crippen LogP contribution in [-0.2, 0) is 6.42 Å². The molecule has 0 bridgehead atoms. The van der Waals surface area contributed by atoms with Gasteiger partial charge in [-0.3, -0.25) is 4.79 Å². The van der Waals surface area contributed by atoms with Gasteiger partial charge in [0.1, 0.15) is 17.4 Å². The number of aryl methyl sites for hydroxylation is 1. The van der Waals surface area contributed by atoms with E-state index >= 15 is 0 Å². The number of hydrogen-bond donors (Lipinski definition) is 1. The normalized spacial score (nSPS) is 12.6. The number of aromatic carboxylic acids is 1. The van der Waals surface area contributed by atoms with Crippen LogP contribution in [0.25, 0.3) is 11.1 Å². The second kappa shape index (κ2) is 10.9. The monoisotopic (exact) mass is 560 g/mol. The van der Waals surface area contributed by atoms with Crippen LogP contribution in [0.5, 0.6) is 5.75 Å². The third-order valence-electron chi connectivity index (χ3n) is 6.83. The van der Waals surface area contributed by atoms with Crippen molar-refractivity contribution in [3.63, 3.8) is 0 Å². The number of pyridine rings is 2. The molecule has 0 saturated heterocycles. The fourth-order valence-electron chi connectivity index (χ4n) is 4.75. The highest BCUT2D eigenvalue weighted by molar-refractivity contribution is 6.33. The fourth-order valence-corrected chi connectivity index (χ4v) is 4.99. The molecule has 1 aliphatic heterocycles. The number of nitrogens with zero attached hydrogens (tertiary/aromatic N) is 4. The van der Waals surface area contributed by atoms with E-state index in [9.17, 15) is 14.0 Å². The number of halogens is 2. The van der Waals surface area contributed by atoms with E-state index in [1.165, 1.54) is 6.07 Å². The Morgan fingerprint density at radius 3 is 2.62 bits per heavy atom. The second-order valence-corrected chi connectivity index (χ2v) is 9.77. The molecule has 3 heterocycles. The third-order valence-corrected chi connectivity index (χ3v) is 7.15. The summed E-state index contributed by atoms with van der Waals surface area (Å²) in [5.41, 5.74) is 3.30. The number of carboxylic acids is 1. The minimum absolute atomic E-state index is 0.0388. The molecule has 0 atom stereocenters. The SMILES string of the molecule is CCN1c2ncc(CCOc3ccc(-c4cc(Cl)c(C(=O)O)cc4F)cc3C)cc2C(=O)N(C)c2cccnc21. The van der Waals surface area contributed by atoms with Gasteiger partial charge in [-0.2, -0.15) is 0 Å². The summed E-state index contributed by atoms with van der Waals surface area (Å²) in [7, 11) is 1.73. The average Bonchev–Trinajstić information content (AvgIpc) is 3.03. The number of anilines is 3. The zero-order chi connectivity index (χ0) is 28.6. The Kier molecular flexibility index (Phi) is 7.40. The van der Waals surface area contributed by atoms with E-state index in [0.29, 0.717) is 48.1 Å². The number of carboxylic acid groups (broad SMARTS) is 1. The summed E-state index contributed by atoms with van der Waals surface area (Å²) < 4.78 is 20.6. The van der Waals surface area contributed by atoms with Gasteiger partial charge in [0.25, 0.3) is 5.91 Å². The number of amides is 1. The van der Waals surface area contributed by atoms with Crippen LogP contribution in [0.3, 0.4) is 0 Å². The quantitative estimate of drug-likeness (QED) is 0.283. The Hall–Kier alpha value is -4.50. The number of carbonyl (C=O) groups excluding carboxylic acids is 1. The first kappa shape index (κ1) is 27.1. The number of fused-ring (bicyclic) bond motifs is 2. The Balaban J connectivity index is 1.32. The standard InChI is InChI=1S/C30H26ClFN4O4/c1-4-36-27-22(29(37)35(3)25-6-5-10-33-28(25)36)13-18(16-34-27)9-11-40-26-8-7-19(12-17(26)2)20-14-23(31)21(30(38)39)15-24(20)32/h5-8,10,12-16H,4,9,11H2,1-3H3,(H,38,39). The van der Waals surface area contributed by atoms with Crippen molar-refractivity contribution < 1.29 is 23.8 Å². The van der Waals surface area contributed by atoms with E-state index in [-0.39, 0.29) is 22.1 Å². The van der Waals surface area contributed by atoms with Gasteiger partial charge in [0, 0.05) is 38.0 Å². The van der Waals surface area contributed by atoms with E-state index in [1.807, 2.05) is 30.9 Å². The van der Waals surface area contributed by atoms with Crippen LogP contribution in [0.1, 0.15) is 38.8 Å². The van der Waals surface area contributed by atoms with Crippen LogP contribution in [0, 0.1) is 12.7 Å². The van der Waals surface area contributed by atoms with Crippen LogP contribution in [0.2, 0.25) is 5.02 Å². The molecule has 0 unspecified atom stereocenters. The van der Waals surface area contributed by atoms with Crippen LogP contribution >= 0.6 is 11.6 Å². The molecule has 0 spiro atoms. The first-order valence-electron chi connectivity index (χ1n) is 12.6. The molecule has 8 nitrogen and oxygen atoms in total. The lowest BCUT2D eigenvalue weighted by atomic mass is 10.0. The van der Waals surface area contributed by atoms with Crippen molar-refractivity contribution in [2.75, 3.05) is 30.0 Å². The zero-order valence-electron chi connectivity index (χ0n) is 22.1. The summed E-state index contributed by atoms with van der Waals surface area (Å²) >= 11 is 6.05. The molecule has 0 radical (unpaired) electrons. The summed E-state index contributed by atoms with van der Waals surface area (Å²) in [6.07, 6.45) is 3.96. The van der Waals surface area contributed by atoms with Gasteiger partial charge >= 0.3 is 5.97 Å². The van der Waals surface area contributed by atoms with Crippen molar-refractivity contribution in [1.82, 2.24) is 9.97 Å². The molecule has 204 valence electrons. The highest BCUT2D eigenvalue weighted by atomic mass is 35.5. The molecule has 1 amide bonds. The highest BCUT2D eigenvalue weighted by Gasteiger charge is 2.30. The summed E-state index contributed by atoms with van der Waals surface area (Å²) in [5.74, 6) is -0.258. The number of hydrogen-bond acceptors (Lipinski definition) is 6. The molecular formula is C30H26ClFN4O4. The maximum absolute atomic E-state index is 14.6. The van der Waals surface area contributed by atoms with E-state index < -0.39 is 11.8 Å². The second-order valence-electron chi connectivity index (χ2n) is 9.37. The molecule has 5 rings (SSSR count). The van der Waals surface area contributed by atoms with Crippen molar-refractivity contribution in [1.29, 1.82) is 0 Å². The molecule has 4 aromatic rings. The van der Waals surface area contributed by atoms with E-state index in [0.717, 1.165) is 22.9 Å². The predicted octanol–water partition coefficient (Wildman–Crippen LogP) is 6.31. The Morgan fingerprint density at radius 1 is 1.10 bits per heavy atom.